The fourth-order valence-corrected chi connectivity index (χ4v) is 4.74. The molecule has 102 valence electrons. The maximum atomic E-state index is 4.45. The lowest BCUT2D eigenvalue weighted by atomic mass is 9.90. The van der Waals surface area contributed by atoms with E-state index < -0.39 is 0 Å². The molecule has 19 heavy (non-hydrogen) atoms. The van der Waals surface area contributed by atoms with Gasteiger partial charge in [-0.05, 0) is 47.2 Å². The molecule has 4 heterocycles. The Kier molecular flexibility index (Phi) is 2.99. The third kappa shape index (κ3) is 1.98. The summed E-state index contributed by atoms with van der Waals surface area (Å²) in [4.78, 5) is 13.7. The van der Waals surface area contributed by atoms with Crippen molar-refractivity contribution in [1.82, 2.24) is 14.9 Å². The van der Waals surface area contributed by atoms with Crippen LogP contribution >= 0.6 is 15.9 Å². The van der Waals surface area contributed by atoms with Crippen LogP contribution in [0.5, 0.6) is 0 Å². The second kappa shape index (κ2) is 4.70. The summed E-state index contributed by atoms with van der Waals surface area (Å²) in [5.41, 5.74) is 0. The zero-order chi connectivity index (χ0) is 12.8. The summed E-state index contributed by atoms with van der Waals surface area (Å²) in [6.45, 7) is 4.96. The molecule has 0 unspecified atom stereocenters. The summed E-state index contributed by atoms with van der Waals surface area (Å²) in [7, 11) is 0. The van der Waals surface area contributed by atoms with Crippen molar-refractivity contribution < 1.29 is 0 Å². The molecule has 4 rings (SSSR count). The quantitative estimate of drug-likeness (QED) is 0.793. The molecule has 5 heteroatoms. The Morgan fingerprint density at radius 1 is 1.21 bits per heavy atom. The van der Waals surface area contributed by atoms with E-state index in [0.29, 0.717) is 0 Å². The van der Waals surface area contributed by atoms with Gasteiger partial charge in [0.05, 0.1) is 4.47 Å². The lowest BCUT2D eigenvalue weighted by Gasteiger charge is -2.33. The van der Waals surface area contributed by atoms with Crippen molar-refractivity contribution in [3.63, 3.8) is 0 Å². The van der Waals surface area contributed by atoms with Crippen LogP contribution in [-0.2, 0) is 0 Å². The highest BCUT2D eigenvalue weighted by atomic mass is 79.9. The van der Waals surface area contributed by atoms with Crippen LogP contribution in [0.1, 0.15) is 19.3 Å². The summed E-state index contributed by atoms with van der Waals surface area (Å²) in [6, 6.07) is 0.837. The number of nitrogens with zero attached hydrogens (tertiary/aromatic N) is 4. The molecule has 3 atom stereocenters. The minimum atomic E-state index is 0.837. The number of halogens is 1. The zero-order valence-corrected chi connectivity index (χ0v) is 12.6. The minimum Gasteiger partial charge on any atom is -0.355 e. The second-order valence-corrected chi connectivity index (χ2v) is 6.94. The van der Waals surface area contributed by atoms with Gasteiger partial charge in [-0.3, -0.25) is 4.90 Å². The van der Waals surface area contributed by atoms with Gasteiger partial charge in [-0.25, -0.2) is 9.97 Å². The number of piperidine rings is 1. The smallest absolute Gasteiger partial charge is 0.146 e. The van der Waals surface area contributed by atoms with Gasteiger partial charge in [-0.1, -0.05) is 6.42 Å². The first-order valence-electron chi connectivity index (χ1n) is 7.27. The first-order chi connectivity index (χ1) is 9.33. The molecule has 0 saturated carbocycles. The van der Waals surface area contributed by atoms with Gasteiger partial charge in [-0.2, -0.15) is 0 Å². The highest BCUT2D eigenvalue weighted by Gasteiger charge is 2.47. The van der Waals surface area contributed by atoms with E-state index in [0.717, 1.165) is 34.7 Å². The van der Waals surface area contributed by atoms with E-state index in [2.05, 4.69) is 35.7 Å². The molecule has 0 aromatic carbocycles. The standard InChI is InChI=1S/C14H19BrN4/c15-12-5-16-9-17-14(12)19-7-10-6-18-4-2-1-3-13(18)11(10)8-19/h5,9-11,13H,1-4,6-8H2/t10-,11+,13-/m0/s1. The summed E-state index contributed by atoms with van der Waals surface area (Å²) in [5.74, 6) is 2.76. The molecule has 3 aliphatic rings. The average Bonchev–Trinajstić information content (AvgIpc) is 2.96. The monoisotopic (exact) mass is 322 g/mol. The number of aromatic nitrogens is 2. The predicted octanol–water partition coefficient (Wildman–Crippen LogP) is 2.16. The fraction of sp³-hybridized carbons (Fsp3) is 0.714. The van der Waals surface area contributed by atoms with E-state index >= 15 is 0 Å². The van der Waals surface area contributed by atoms with Crippen molar-refractivity contribution in [2.45, 2.75) is 25.3 Å². The van der Waals surface area contributed by atoms with Crippen LogP contribution < -0.4 is 4.90 Å². The number of rotatable bonds is 1. The Morgan fingerprint density at radius 2 is 2.16 bits per heavy atom. The Morgan fingerprint density at radius 3 is 3.05 bits per heavy atom. The van der Waals surface area contributed by atoms with Crippen LogP contribution in [-0.4, -0.2) is 47.1 Å². The van der Waals surface area contributed by atoms with Crippen molar-refractivity contribution in [3.8, 4) is 0 Å². The largest absolute Gasteiger partial charge is 0.355 e. The molecule has 0 aliphatic carbocycles. The lowest BCUT2D eigenvalue weighted by Crippen LogP contribution is -2.40. The summed E-state index contributed by atoms with van der Waals surface area (Å²) >= 11 is 3.58. The Balaban J connectivity index is 1.54. The van der Waals surface area contributed by atoms with E-state index in [-0.39, 0.29) is 0 Å². The molecule has 3 saturated heterocycles. The predicted molar refractivity (Wildman–Crippen MR) is 78.1 cm³/mol. The molecule has 3 fully saturated rings. The van der Waals surface area contributed by atoms with Crippen LogP contribution in [0.4, 0.5) is 5.82 Å². The Bertz CT molecular complexity index is 480. The molecule has 1 aromatic rings. The first-order valence-corrected chi connectivity index (χ1v) is 8.07. The maximum absolute atomic E-state index is 4.45. The van der Waals surface area contributed by atoms with E-state index in [1.165, 1.54) is 38.9 Å². The van der Waals surface area contributed by atoms with Crippen LogP contribution in [0.25, 0.3) is 0 Å². The highest BCUT2D eigenvalue weighted by Crippen LogP contribution is 2.42. The van der Waals surface area contributed by atoms with Crippen LogP contribution in [0, 0.1) is 11.8 Å². The van der Waals surface area contributed by atoms with E-state index in [4.69, 9.17) is 0 Å². The summed E-state index contributed by atoms with van der Waals surface area (Å²) < 4.78 is 1.02. The van der Waals surface area contributed by atoms with Crippen LogP contribution in [0.2, 0.25) is 0 Å². The van der Waals surface area contributed by atoms with Gasteiger partial charge in [0.2, 0.25) is 0 Å². The normalized spacial score (nSPS) is 34.4. The fourth-order valence-electron chi connectivity index (χ4n) is 4.27. The van der Waals surface area contributed by atoms with E-state index in [1.54, 1.807) is 6.33 Å². The maximum Gasteiger partial charge on any atom is 0.146 e. The number of hydrogen-bond acceptors (Lipinski definition) is 4. The molecule has 0 bridgehead atoms. The molecule has 0 spiro atoms. The third-order valence-electron chi connectivity index (χ3n) is 5.07. The third-order valence-corrected chi connectivity index (χ3v) is 5.63. The average molecular weight is 323 g/mol. The Hall–Kier alpha value is -0.680. The van der Waals surface area contributed by atoms with Gasteiger partial charge in [-0.15, -0.1) is 0 Å². The van der Waals surface area contributed by atoms with Crippen LogP contribution in [0.15, 0.2) is 17.0 Å². The molecular formula is C14H19BrN4. The molecule has 0 N–H and O–H groups in total. The van der Waals surface area contributed by atoms with E-state index in [1.807, 2.05) is 6.20 Å². The topological polar surface area (TPSA) is 32.3 Å². The van der Waals surface area contributed by atoms with Gasteiger partial charge < -0.3 is 4.90 Å². The molecule has 3 aliphatic heterocycles. The van der Waals surface area contributed by atoms with Gasteiger partial charge in [0.1, 0.15) is 12.1 Å². The van der Waals surface area contributed by atoms with Crippen LogP contribution in [0.3, 0.4) is 0 Å². The van der Waals surface area contributed by atoms with Gasteiger partial charge >= 0.3 is 0 Å². The molecule has 0 amide bonds. The van der Waals surface area contributed by atoms with Gasteiger partial charge in [0, 0.05) is 31.9 Å². The van der Waals surface area contributed by atoms with Crippen molar-refractivity contribution in [1.29, 1.82) is 0 Å². The molecular weight excluding hydrogens is 304 g/mol. The lowest BCUT2D eigenvalue weighted by molar-refractivity contribution is 0.173. The first kappa shape index (κ1) is 12.1. The number of anilines is 1. The molecule has 4 nitrogen and oxygen atoms in total. The second-order valence-electron chi connectivity index (χ2n) is 6.08. The van der Waals surface area contributed by atoms with Crippen molar-refractivity contribution in [2.24, 2.45) is 11.8 Å². The minimum absolute atomic E-state index is 0.837. The number of fused-ring (bicyclic) bond motifs is 3. The molecule has 1 aromatic heterocycles. The van der Waals surface area contributed by atoms with E-state index in [9.17, 15) is 0 Å². The van der Waals surface area contributed by atoms with Crippen molar-refractivity contribution in [2.75, 3.05) is 31.1 Å². The SMILES string of the molecule is Brc1cncnc1N1C[C@@H]2CN3CCCC[C@H]3[C@@H]2C1. The van der Waals surface area contributed by atoms with Crippen molar-refractivity contribution >= 4 is 21.7 Å². The highest BCUT2D eigenvalue weighted by molar-refractivity contribution is 9.10. The molecule has 0 radical (unpaired) electrons. The summed E-state index contributed by atoms with van der Waals surface area (Å²) in [5, 5.41) is 0. The Labute approximate surface area is 122 Å². The number of hydrogen-bond donors (Lipinski definition) is 0. The van der Waals surface area contributed by atoms with Crippen molar-refractivity contribution in [3.05, 3.63) is 17.0 Å². The van der Waals surface area contributed by atoms with Gasteiger partial charge in [0.15, 0.2) is 0 Å². The summed E-state index contributed by atoms with van der Waals surface area (Å²) in [6.07, 6.45) is 7.73. The zero-order valence-electron chi connectivity index (χ0n) is 11.0. The van der Waals surface area contributed by atoms with Gasteiger partial charge in [0.25, 0.3) is 0 Å².